The average Bonchev–Trinajstić information content (AvgIpc) is 3.30. The number of carbonyl (C=O) groups excluding carboxylic acids is 2. The van der Waals surface area contributed by atoms with Gasteiger partial charge in [-0.2, -0.15) is 0 Å². The van der Waals surface area contributed by atoms with Crippen molar-refractivity contribution in [3.05, 3.63) is 59.9 Å². The highest BCUT2D eigenvalue weighted by Gasteiger charge is 2.47. The topological polar surface area (TPSA) is 54.3 Å². The number of hydrogen-bond donors (Lipinski definition) is 1. The molecule has 0 unspecified atom stereocenters. The molecule has 2 amide bonds. The summed E-state index contributed by atoms with van der Waals surface area (Å²) < 4.78 is 1.85. The number of benzene rings is 1. The fourth-order valence-corrected chi connectivity index (χ4v) is 4.09. The summed E-state index contributed by atoms with van der Waals surface area (Å²) in [4.78, 5) is 27.2. The lowest BCUT2D eigenvalue weighted by atomic mass is 10.0. The molecule has 1 saturated heterocycles. The first-order chi connectivity index (χ1) is 11.6. The lowest BCUT2D eigenvalue weighted by Gasteiger charge is -2.33. The molecule has 1 aromatic carbocycles. The molecule has 1 saturated carbocycles. The Kier molecular flexibility index (Phi) is 3.63. The highest BCUT2D eigenvalue weighted by atomic mass is 16.2. The van der Waals surface area contributed by atoms with Crippen molar-refractivity contribution in [2.75, 3.05) is 6.54 Å². The number of nitrogens with one attached hydrogen (secondary N) is 1. The Labute approximate surface area is 141 Å². The minimum absolute atomic E-state index is 0.0423. The molecule has 2 bridgehead atoms. The number of aryl methyl sites for hydroxylation is 1. The van der Waals surface area contributed by atoms with Crippen molar-refractivity contribution in [1.29, 1.82) is 0 Å². The van der Waals surface area contributed by atoms with Crippen LogP contribution in [0.5, 0.6) is 0 Å². The molecule has 0 radical (unpaired) electrons. The number of rotatable bonds is 3. The van der Waals surface area contributed by atoms with Crippen molar-refractivity contribution in [1.82, 2.24) is 14.8 Å². The predicted molar refractivity (Wildman–Crippen MR) is 90.7 cm³/mol. The first-order valence-corrected chi connectivity index (χ1v) is 8.41. The molecular formula is C19H21N3O2. The first kappa shape index (κ1) is 15.0. The Bertz CT molecular complexity index is 768. The highest BCUT2D eigenvalue weighted by Crippen LogP contribution is 2.38. The van der Waals surface area contributed by atoms with Gasteiger partial charge in [0.1, 0.15) is 5.69 Å². The molecule has 1 aliphatic heterocycles. The smallest absolute Gasteiger partial charge is 0.270 e. The van der Waals surface area contributed by atoms with Crippen molar-refractivity contribution < 1.29 is 9.59 Å². The van der Waals surface area contributed by atoms with E-state index in [0.717, 1.165) is 19.4 Å². The molecule has 2 fully saturated rings. The molecule has 24 heavy (non-hydrogen) atoms. The van der Waals surface area contributed by atoms with Crippen molar-refractivity contribution in [3.8, 4) is 0 Å². The molecule has 5 heteroatoms. The Balaban J connectivity index is 1.48. The lowest BCUT2D eigenvalue weighted by Crippen LogP contribution is -2.52. The van der Waals surface area contributed by atoms with Crippen LogP contribution >= 0.6 is 0 Å². The number of piperidine rings is 1. The summed E-state index contributed by atoms with van der Waals surface area (Å²) in [5, 5.41) is 3.13. The molecule has 2 heterocycles. The zero-order valence-corrected chi connectivity index (χ0v) is 13.7. The second-order valence-electron chi connectivity index (χ2n) is 6.81. The van der Waals surface area contributed by atoms with Crippen LogP contribution < -0.4 is 5.32 Å². The van der Waals surface area contributed by atoms with E-state index in [2.05, 4.69) is 5.32 Å². The molecule has 1 aliphatic carbocycles. The third-order valence-electron chi connectivity index (χ3n) is 5.26. The Hall–Kier alpha value is -2.56. The van der Waals surface area contributed by atoms with Crippen LogP contribution in [0.15, 0.2) is 48.7 Å². The SMILES string of the molecule is Cn1cccc1C(=O)N1C[C@@H]2C[C@H](NC(=O)c3ccccc3)[C@H]1C2. The van der Waals surface area contributed by atoms with Gasteiger partial charge in [-0.3, -0.25) is 9.59 Å². The van der Waals surface area contributed by atoms with Gasteiger partial charge < -0.3 is 14.8 Å². The van der Waals surface area contributed by atoms with E-state index >= 15 is 0 Å². The van der Waals surface area contributed by atoms with Gasteiger partial charge in [0.25, 0.3) is 11.8 Å². The van der Waals surface area contributed by atoms with E-state index in [1.807, 2.05) is 65.2 Å². The van der Waals surface area contributed by atoms with E-state index in [1.165, 1.54) is 0 Å². The number of fused-ring (bicyclic) bond motifs is 2. The standard InChI is InChI=1S/C19H21N3O2/c1-21-9-5-8-16(21)19(24)22-12-13-10-15(17(22)11-13)20-18(23)14-6-3-2-4-7-14/h2-9,13,15,17H,10-12H2,1H3,(H,20,23)/t13-,15+,17-/m1/s1. The van der Waals surface area contributed by atoms with Gasteiger partial charge in [-0.15, -0.1) is 0 Å². The van der Waals surface area contributed by atoms with Crippen LogP contribution in [0.2, 0.25) is 0 Å². The van der Waals surface area contributed by atoms with Gasteiger partial charge in [0.2, 0.25) is 0 Å². The maximum Gasteiger partial charge on any atom is 0.270 e. The van der Waals surface area contributed by atoms with Crippen LogP contribution in [-0.2, 0) is 7.05 Å². The van der Waals surface area contributed by atoms with Gasteiger partial charge in [-0.1, -0.05) is 18.2 Å². The summed E-state index contributed by atoms with van der Waals surface area (Å²) in [5.74, 6) is 0.494. The molecule has 4 rings (SSSR count). The largest absolute Gasteiger partial charge is 0.347 e. The van der Waals surface area contributed by atoms with E-state index in [-0.39, 0.29) is 23.9 Å². The van der Waals surface area contributed by atoms with E-state index < -0.39 is 0 Å². The number of nitrogens with zero attached hydrogens (tertiary/aromatic N) is 2. The van der Waals surface area contributed by atoms with Gasteiger partial charge in [0.05, 0.1) is 6.04 Å². The number of hydrogen-bond acceptors (Lipinski definition) is 2. The van der Waals surface area contributed by atoms with Gasteiger partial charge in [-0.05, 0) is 43.0 Å². The third-order valence-corrected chi connectivity index (χ3v) is 5.26. The summed E-state index contributed by atoms with van der Waals surface area (Å²) >= 11 is 0. The van der Waals surface area contributed by atoms with E-state index in [1.54, 1.807) is 0 Å². The molecule has 1 aromatic heterocycles. The molecule has 0 spiro atoms. The lowest BCUT2D eigenvalue weighted by molar-refractivity contribution is 0.0639. The maximum atomic E-state index is 12.8. The molecular weight excluding hydrogens is 302 g/mol. The Morgan fingerprint density at radius 3 is 2.54 bits per heavy atom. The molecule has 124 valence electrons. The number of aromatic nitrogens is 1. The average molecular weight is 323 g/mol. The molecule has 1 N–H and O–H groups in total. The molecule has 2 aromatic rings. The van der Waals surface area contributed by atoms with Crippen LogP contribution in [0.25, 0.3) is 0 Å². The number of carbonyl (C=O) groups is 2. The van der Waals surface area contributed by atoms with Crippen molar-refractivity contribution in [3.63, 3.8) is 0 Å². The van der Waals surface area contributed by atoms with E-state index in [0.29, 0.717) is 17.2 Å². The van der Waals surface area contributed by atoms with Crippen LogP contribution in [0.1, 0.15) is 33.7 Å². The Morgan fingerprint density at radius 2 is 1.88 bits per heavy atom. The second-order valence-corrected chi connectivity index (χ2v) is 6.81. The third kappa shape index (κ3) is 2.50. The summed E-state index contributed by atoms with van der Waals surface area (Å²) in [5.41, 5.74) is 1.37. The zero-order chi connectivity index (χ0) is 16.7. The zero-order valence-electron chi connectivity index (χ0n) is 13.7. The minimum Gasteiger partial charge on any atom is -0.347 e. The normalized spacial score (nSPS) is 25.0. The van der Waals surface area contributed by atoms with Gasteiger partial charge in [-0.25, -0.2) is 0 Å². The fourth-order valence-electron chi connectivity index (χ4n) is 4.09. The Morgan fingerprint density at radius 1 is 1.08 bits per heavy atom. The second kappa shape index (κ2) is 5.82. The van der Waals surface area contributed by atoms with E-state index in [4.69, 9.17) is 0 Å². The van der Waals surface area contributed by atoms with Gasteiger partial charge in [0.15, 0.2) is 0 Å². The van der Waals surface area contributed by atoms with Crippen molar-refractivity contribution >= 4 is 11.8 Å². The summed E-state index contributed by atoms with van der Waals surface area (Å²) in [7, 11) is 1.89. The van der Waals surface area contributed by atoms with Gasteiger partial charge >= 0.3 is 0 Å². The summed E-state index contributed by atoms with van der Waals surface area (Å²) in [6.45, 7) is 0.798. The monoisotopic (exact) mass is 323 g/mol. The van der Waals surface area contributed by atoms with Crippen LogP contribution in [-0.4, -0.2) is 39.9 Å². The first-order valence-electron chi connectivity index (χ1n) is 8.41. The number of likely N-dealkylation sites (tertiary alicyclic amines) is 1. The van der Waals surface area contributed by atoms with Gasteiger partial charge in [0, 0.05) is 31.4 Å². The fraction of sp³-hybridized carbons (Fsp3) is 0.368. The summed E-state index contributed by atoms with van der Waals surface area (Å²) in [6.07, 6.45) is 3.83. The van der Waals surface area contributed by atoms with Crippen molar-refractivity contribution in [2.45, 2.75) is 24.9 Å². The molecule has 3 atom stereocenters. The summed E-state index contributed by atoms with van der Waals surface area (Å²) in [6, 6.07) is 13.1. The van der Waals surface area contributed by atoms with Crippen LogP contribution in [0.3, 0.4) is 0 Å². The highest BCUT2D eigenvalue weighted by molar-refractivity contribution is 5.95. The van der Waals surface area contributed by atoms with Crippen molar-refractivity contribution in [2.24, 2.45) is 13.0 Å². The quantitative estimate of drug-likeness (QED) is 0.940. The maximum absolute atomic E-state index is 12.8. The van der Waals surface area contributed by atoms with Crippen LogP contribution in [0.4, 0.5) is 0 Å². The predicted octanol–water partition coefficient (Wildman–Crippen LogP) is 2.06. The number of amides is 2. The molecule has 2 aliphatic rings. The van der Waals surface area contributed by atoms with E-state index in [9.17, 15) is 9.59 Å². The van der Waals surface area contributed by atoms with Crippen LogP contribution in [0, 0.1) is 5.92 Å². The minimum atomic E-state index is -0.0561. The molecule has 5 nitrogen and oxygen atoms in total.